The lowest BCUT2D eigenvalue weighted by atomic mass is 10.1. The number of ether oxygens (including phenoxy) is 1. The molecular formula is C22H23N7O2. The Hall–Kier alpha value is -4.01. The lowest BCUT2D eigenvalue weighted by Gasteiger charge is -2.08. The van der Waals surface area contributed by atoms with E-state index in [4.69, 9.17) is 4.74 Å². The molecule has 0 spiro atoms. The Balaban J connectivity index is 1.37. The van der Waals surface area contributed by atoms with Crippen molar-refractivity contribution < 1.29 is 9.53 Å². The average Bonchev–Trinajstić information content (AvgIpc) is 3.41. The quantitative estimate of drug-likeness (QED) is 0.473. The molecule has 0 aliphatic carbocycles. The summed E-state index contributed by atoms with van der Waals surface area (Å²) in [6.45, 7) is 5.52. The van der Waals surface area contributed by atoms with Crippen molar-refractivity contribution >= 4 is 11.6 Å². The lowest BCUT2D eigenvalue weighted by molar-refractivity contribution is 0.102. The van der Waals surface area contributed by atoms with Crippen molar-refractivity contribution in [1.82, 2.24) is 30.0 Å². The Morgan fingerprint density at radius 1 is 1.16 bits per heavy atom. The molecule has 1 N–H and O–H groups in total. The normalized spacial score (nSPS) is 10.8. The van der Waals surface area contributed by atoms with Crippen molar-refractivity contribution in [1.29, 1.82) is 0 Å². The molecule has 9 nitrogen and oxygen atoms in total. The van der Waals surface area contributed by atoms with E-state index >= 15 is 0 Å². The summed E-state index contributed by atoms with van der Waals surface area (Å²) in [5, 5.41) is 18.7. The van der Waals surface area contributed by atoms with Crippen LogP contribution in [0.1, 0.15) is 34.2 Å². The molecule has 0 fully saturated rings. The van der Waals surface area contributed by atoms with Gasteiger partial charge in [-0.25, -0.2) is 4.68 Å². The number of carbonyl (C=O) groups is 1. The number of benzene rings is 2. The second kappa shape index (κ2) is 9.21. The molecule has 0 saturated carbocycles. The van der Waals surface area contributed by atoms with E-state index in [0.717, 1.165) is 5.56 Å². The molecule has 4 aromatic rings. The summed E-state index contributed by atoms with van der Waals surface area (Å²) in [4.78, 5) is 12.7. The second-order valence-corrected chi connectivity index (χ2v) is 7.10. The van der Waals surface area contributed by atoms with E-state index in [9.17, 15) is 4.79 Å². The summed E-state index contributed by atoms with van der Waals surface area (Å²) in [6.07, 6.45) is 3.45. The number of anilines is 1. The van der Waals surface area contributed by atoms with Gasteiger partial charge >= 0.3 is 0 Å². The molecule has 158 valence electrons. The molecule has 2 aromatic heterocycles. The Morgan fingerprint density at radius 3 is 2.87 bits per heavy atom. The van der Waals surface area contributed by atoms with Gasteiger partial charge in [0.05, 0.1) is 18.4 Å². The number of nitrogens with one attached hydrogen (secondary N) is 1. The van der Waals surface area contributed by atoms with E-state index in [1.807, 2.05) is 19.2 Å². The van der Waals surface area contributed by atoms with Gasteiger partial charge in [-0.3, -0.25) is 9.48 Å². The maximum absolute atomic E-state index is 12.7. The monoisotopic (exact) mass is 417 g/mol. The van der Waals surface area contributed by atoms with Gasteiger partial charge in [-0.15, -0.1) is 5.10 Å². The first-order chi connectivity index (χ1) is 15.1. The molecule has 9 heteroatoms. The van der Waals surface area contributed by atoms with Crippen LogP contribution in [-0.2, 0) is 19.7 Å². The minimum absolute atomic E-state index is 0.220. The molecular weight excluding hydrogens is 394 g/mol. The van der Waals surface area contributed by atoms with E-state index in [0.29, 0.717) is 35.9 Å². The molecule has 2 aromatic carbocycles. The Kier molecular flexibility index (Phi) is 6.02. The summed E-state index contributed by atoms with van der Waals surface area (Å²) >= 11 is 0. The van der Waals surface area contributed by atoms with E-state index in [1.165, 1.54) is 5.56 Å². The molecule has 4 rings (SSSR count). The smallest absolute Gasteiger partial charge is 0.255 e. The first-order valence-corrected chi connectivity index (χ1v) is 9.98. The third kappa shape index (κ3) is 5.13. The van der Waals surface area contributed by atoms with E-state index < -0.39 is 0 Å². The van der Waals surface area contributed by atoms with Crippen LogP contribution in [0, 0.1) is 6.92 Å². The predicted molar refractivity (Wildman–Crippen MR) is 115 cm³/mol. The number of aromatic nitrogens is 6. The zero-order valence-corrected chi connectivity index (χ0v) is 17.4. The van der Waals surface area contributed by atoms with Gasteiger partial charge < -0.3 is 10.1 Å². The lowest BCUT2D eigenvalue weighted by Crippen LogP contribution is -2.12. The molecule has 0 atom stereocenters. The first-order valence-electron chi connectivity index (χ1n) is 9.98. The maximum atomic E-state index is 12.7. The number of nitrogens with zero attached hydrogens (tertiary/aromatic N) is 6. The van der Waals surface area contributed by atoms with Crippen LogP contribution in [0.25, 0.3) is 0 Å². The van der Waals surface area contributed by atoms with Crippen LogP contribution in [0.5, 0.6) is 5.75 Å². The highest BCUT2D eigenvalue weighted by Crippen LogP contribution is 2.17. The zero-order valence-electron chi connectivity index (χ0n) is 17.4. The SMILES string of the molecule is CCn1nnnc1COc1cccc(C(=O)Nc2cnn(Cc3cccc(C)c3)c2)c1. The molecule has 0 unspecified atom stereocenters. The number of carbonyl (C=O) groups excluding carboxylic acids is 1. The highest BCUT2D eigenvalue weighted by atomic mass is 16.5. The third-order valence-electron chi connectivity index (χ3n) is 4.69. The fourth-order valence-electron chi connectivity index (χ4n) is 3.16. The Bertz CT molecular complexity index is 1180. The largest absolute Gasteiger partial charge is 0.486 e. The molecule has 2 heterocycles. The van der Waals surface area contributed by atoms with E-state index in [2.05, 4.69) is 51.1 Å². The second-order valence-electron chi connectivity index (χ2n) is 7.10. The van der Waals surface area contributed by atoms with Gasteiger partial charge in [-0.2, -0.15) is 5.10 Å². The highest BCUT2D eigenvalue weighted by Gasteiger charge is 2.10. The summed E-state index contributed by atoms with van der Waals surface area (Å²) < 4.78 is 9.21. The van der Waals surface area contributed by atoms with Crippen molar-refractivity contribution in [3.63, 3.8) is 0 Å². The minimum atomic E-state index is -0.237. The molecule has 0 aliphatic rings. The Labute approximate surface area is 179 Å². The van der Waals surface area contributed by atoms with Gasteiger partial charge in [0.15, 0.2) is 5.82 Å². The maximum Gasteiger partial charge on any atom is 0.255 e. The number of aryl methyl sites for hydroxylation is 2. The Morgan fingerprint density at radius 2 is 2.03 bits per heavy atom. The third-order valence-corrected chi connectivity index (χ3v) is 4.69. The van der Waals surface area contributed by atoms with Gasteiger partial charge in [0.2, 0.25) is 0 Å². The number of rotatable bonds is 8. The highest BCUT2D eigenvalue weighted by molar-refractivity contribution is 6.04. The fraction of sp³-hybridized carbons (Fsp3) is 0.227. The molecule has 0 radical (unpaired) electrons. The van der Waals surface area contributed by atoms with Gasteiger partial charge in [0, 0.05) is 18.3 Å². The van der Waals surface area contributed by atoms with Crippen LogP contribution in [0.3, 0.4) is 0 Å². The number of amides is 1. The van der Waals surface area contributed by atoms with Crippen molar-refractivity contribution in [2.45, 2.75) is 33.5 Å². The molecule has 0 aliphatic heterocycles. The van der Waals surface area contributed by atoms with Crippen LogP contribution >= 0.6 is 0 Å². The van der Waals surface area contributed by atoms with Crippen LogP contribution in [-0.4, -0.2) is 35.9 Å². The number of hydrogen-bond donors (Lipinski definition) is 1. The minimum Gasteiger partial charge on any atom is -0.486 e. The van der Waals surface area contributed by atoms with Crippen molar-refractivity contribution in [2.75, 3.05) is 5.32 Å². The predicted octanol–water partition coefficient (Wildman–Crippen LogP) is 3.08. The van der Waals surface area contributed by atoms with Gasteiger partial charge in [0.1, 0.15) is 12.4 Å². The van der Waals surface area contributed by atoms with Gasteiger partial charge in [-0.1, -0.05) is 35.9 Å². The average molecular weight is 417 g/mol. The van der Waals surface area contributed by atoms with Gasteiger partial charge in [0.25, 0.3) is 5.91 Å². The summed E-state index contributed by atoms with van der Waals surface area (Å²) in [5.41, 5.74) is 3.47. The van der Waals surface area contributed by atoms with E-state index in [-0.39, 0.29) is 12.5 Å². The van der Waals surface area contributed by atoms with E-state index in [1.54, 1.807) is 39.8 Å². The molecule has 0 saturated heterocycles. The van der Waals surface area contributed by atoms with Gasteiger partial charge in [-0.05, 0) is 48.0 Å². The molecule has 0 bridgehead atoms. The summed E-state index contributed by atoms with van der Waals surface area (Å²) in [7, 11) is 0. The molecule has 1 amide bonds. The van der Waals surface area contributed by atoms with Crippen molar-refractivity contribution in [3.05, 3.63) is 83.4 Å². The zero-order chi connectivity index (χ0) is 21.6. The first kappa shape index (κ1) is 20.3. The van der Waals surface area contributed by atoms with Crippen LogP contribution in [0.15, 0.2) is 60.9 Å². The summed E-state index contributed by atoms with van der Waals surface area (Å²) in [5.74, 6) is 0.950. The standard InChI is InChI=1S/C22H23N7O2/c1-3-29-21(25-26-27-29)15-31-20-9-5-8-18(11-20)22(30)24-19-12-23-28(14-19)13-17-7-4-6-16(2)10-17/h4-12,14H,3,13,15H2,1-2H3,(H,24,30). The van der Waals surface area contributed by atoms with Crippen molar-refractivity contribution in [3.8, 4) is 5.75 Å². The van der Waals surface area contributed by atoms with Crippen LogP contribution < -0.4 is 10.1 Å². The number of tetrazole rings is 1. The van der Waals surface area contributed by atoms with Crippen LogP contribution in [0.2, 0.25) is 0 Å². The number of hydrogen-bond acceptors (Lipinski definition) is 6. The molecule has 31 heavy (non-hydrogen) atoms. The van der Waals surface area contributed by atoms with Crippen molar-refractivity contribution in [2.24, 2.45) is 0 Å². The summed E-state index contributed by atoms with van der Waals surface area (Å²) in [6, 6.07) is 15.2. The topological polar surface area (TPSA) is 99.8 Å². The fourth-order valence-corrected chi connectivity index (χ4v) is 3.16. The van der Waals surface area contributed by atoms with Crippen LogP contribution in [0.4, 0.5) is 5.69 Å².